The Kier molecular flexibility index (Phi) is 5.71. The van der Waals surface area contributed by atoms with Gasteiger partial charge in [-0.1, -0.05) is 60.7 Å². The molecule has 0 aliphatic rings. The van der Waals surface area contributed by atoms with Crippen molar-refractivity contribution in [1.82, 2.24) is 10.2 Å². The number of allylic oxidation sites excluding steroid dienone is 1. The standard InChI is InChI=1S/C25H18F2N2O2/c26-25(27)24(17-4-2-1-3-5-17)23(19-11-12-21-20(14-19)15-28-29-21)18-9-6-16(7-10-18)8-13-22(30)31/h1-15,25H,(H,28,29)(H,30,31)/b13-8+,24-23-. The predicted molar refractivity (Wildman–Crippen MR) is 118 cm³/mol. The molecule has 1 aromatic heterocycles. The van der Waals surface area contributed by atoms with E-state index in [-0.39, 0.29) is 5.57 Å². The molecular formula is C25H18F2N2O2. The Balaban J connectivity index is 1.93. The average Bonchev–Trinajstić information content (AvgIpc) is 3.24. The molecule has 1 heterocycles. The molecule has 0 saturated carbocycles. The zero-order valence-electron chi connectivity index (χ0n) is 16.3. The van der Waals surface area contributed by atoms with Crippen molar-refractivity contribution >= 4 is 34.1 Å². The molecule has 4 rings (SSSR count). The number of aliphatic carboxylic acids is 1. The highest BCUT2D eigenvalue weighted by molar-refractivity contribution is 6.01. The van der Waals surface area contributed by atoms with Gasteiger partial charge >= 0.3 is 5.97 Å². The number of carboxylic acids is 1. The predicted octanol–water partition coefficient (Wildman–Crippen LogP) is 5.88. The maximum absolute atomic E-state index is 14.4. The summed E-state index contributed by atoms with van der Waals surface area (Å²) in [6.45, 7) is 0. The second kappa shape index (κ2) is 8.75. The van der Waals surface area contributed by atoms with E-state index in [2.05, 4.69) is 10.2 Å². The van der Waals surface area contributed by atoms with Gasteiger partial charge < -0.3 is 5.11 Å². The number of rotatable bonds is 6. The minimum absolute atomic E-state index is 0.0720. The molecule has 31 heavy (non-hydrogen) atoms. The molecule has 0 fully saturated rings. The fourth-order valence-electron chi connectivity index (χ4n) is 3.50. The van der Waals surface area contributed by atoms with Gasteiger partial charge in [-0.15, -0.1) is 0 Å². The van der Waals surface area contributed by atoms with Crippen LogP contribution in [0.2, 0.25) is 0 Å². The fourth-order valence-corrected chi connectivity index (χ4v) is 3.50. The van der Waals surface area contributed by atoms with Crippen LogP contribution in [0.5, 0.6) is 0 Å². The number of fused-ring (bicyclic) bond motifs is 1. The number of carboxylic acid groups (broad SMARTS) is 1. The molecule has 6 heteroatoms. The summed E-state index contributed by atoms with van der Waals surface area (Å²) in [6, 6.07) is 20.9. The van der Waals surface area contributed by atoms with Crippen molar-refractivity contribution in [1.29, 1.82) is 0 Å². The van der Waals surface area contributed by atoms with Gasteiger partial charge in [-0.3, -0.25) is 5.10 Å². The second-order valence-corrected chi connectivity index (χ2v) is 6.92. The summed E-state index contributed by atoms with van der Waals surface area (Å²) in [5.74, 6) is -1.05. The first kappa shape index (κ1) is 20.2. The average molecular weight is 416 g/mol. The summed E-state index contributed by atoms with van der Waals surface area (Å²) in [5, 5.41) is 16.5. The quantitative estimate of drug-likeness (QED) is 0.304. The monoisotopic (exact) mass is 416 g/mol. The van der Waals surface area contributed by atoms with Crippen LogP contribution in [0.25, 0.3) is 28.1 Å². The number of hydrogen-bond donors (Lipinski definition) is 2. The smallest absolute Gasteiger partial charge is 0.328 e. The van der Waals surface area contributed by atoms with Crippen LogP contribution in [0.4, 0.5) is 8.78 Å². The van der Waals surface area contributed by atoms with Crippen LogP contribution in [-0.2, 0) is 4.79 Å². The number of hydrogen-bond acceptors (Lipinski definition) is 2. The molecule has 0 atom stereocenters. The minimum Gasteiger partial charge on any atom is -0.478 e. The molecule has 0 aliphatic carbocycles. The van der Waals surface area contributed by atoms with Gasteiger partial charge in [0.15, 0.2) is 0 Å². The zero-order chi connectivity index (χ0) is 21.8. The van der Waals surface area contributed by atoms with Gasteiger partial charge in [0.2, 0.25) is 0 Å². The van der Waals surface area contributed by atoms with Gasteiger partial charge in [0.1, 0.15) is 0 Å². The Morgan fingerprint density at radius 1 is 0.935 bits per heavy atom. The fraction of sp³-hybridized carbons (Fsp3) is 0.0400. The van der Waals surface area contributed by atoms with Crippen LogP contribution in [0.15, 0.2) is 85.1 Å². The van der Waals surface area contributed by atoms with E-state index in [4.69, 9.17) is 5.11 Å². The van der Waals surface area contributed by atoms with Crippen molar-refractivity contribution in [2.24, 2.45) is 0 Å². The largest absolute Gasteiger partial charge is 0.478 e. The third-order valence-electron chi connectivity index (χ3n) is 4.92. The lowest BCUT2D eigenvalue weighted by Crippen LogP contribution is -2.03. The summed E-state index contributed by atoms with van der Waals surface area (Å²) < 4.78 is 28.8. The Morgan fingerprint density at radius 2 is 1.65 bits per heavy atom. The van der Waals surface area contributed by atoms with Gasteiger partial charge in [0.25, 0.3) is 6.43 Å². The van der Waals surface area contributed by atoms with Crippen molar-refractivity contribution in [2.45, 2.75) is 6.43 Å². The van der Waals surface area contributed by atoms with Crippen LogP contribution in [0.3, 0.4) is 0 Å². The molecule has 154 valence electrons. The van der Waals surface area contributed by atoms with Gasteiger partial charge in [-0.2, -0.15) is 5.10 Å². The third-order valence-corrected chi connectivity index (χ3v) is 4.92. The van der Waals surface area contributed by atoms with E-state index in [1.165, 1.54) is 6.08 Å². The highest BCUT2D eigenvalue weighted by Gasteiger charge is 2.22. The summed E-state index contributed by atoms with van der Waals surface area (Å²) >= 11 is 0. The van der Waals surface area contributed by atoms with Crippen molar-refractivity contribution in [2.75, 3.05) is 0 Å². The van der Waals surface area contributed by atoms with Gasteiger partial charge in [-0.05, 0) is 46.0 Å². The van der Waals surface area contributed by atoms with Crippen LogP contribution in [-0.4, -0.2) is 27.7 Å². The highest BCUT2D eigenvalue weighted by atomic mass is 19.3. The van der Waals surface area contributed by atoms with Gasteiger partial charge in [-0.25, -0.2) is 13.6 Å². The van der Waals surface area contributed by atoms with E-state index >= 15 is 0 Å². The number of benzene rings is 3. The van der Waals surface area contributed by atoms with Crippen LogP contribution in [0.1, 0.15) is 22.3 Å². The van der Waals surface area contributed by atoms with Crippen LogP contribution in [0, 0.1) is 0 Å². The summed E-state index contributed by atoms with van der Waals surface area (Å²) in [4.78, 5) is 10.8. The van der Waals surface area contributed by atoms with Crippen molar-refractivity contribution in [3.05, 3.63) is 107 Å². The summed E-state index contributed by atoms with van der Waals surface area (Å²) in [7, 11) is 0. The molecule has 0 aliphatic heterocycles. The molecular weight excluding hydrogens is 398 g/mol. The highest BCUT2D eigenvalue weighted by Crippen LogP contribution is 2.37. The lowest BCUT2D eigenvalue weighted by molar-refractivity contribution is -0.131. The van der Waals surface area contributed by atoms with E-state index in [1.54, 1.807) is 66.9 Å². The van der Waals surface area contributed by atoms with Gasteiger partial charge in [0, 0.05) is 17.0 Å². The maximum Gasteiger partial charge on any atom is 0.328 e. The molecule has 4 aromatic rings. The first-order valence-electron chi connectivity index (χ1n) is 9.55. The van der Waals surface area contributed by atoms with E-state index in [0.717, 1.165) is 17.0 Å². The number of halogens is 2. The SMILES string of the molecule is O=C(O)/C=C/c1ccc(/C(=C(\c2ccccc2)C(F)F)c2ccc3[nH]ncc3c2)cc1. The van der Waals surface area contributed by atoms with E-state index in [0.29, 0.717) is 27.8 Å². The molecule has 0 saturated heterocycles. The molecule has 0 spiro atoms. The zero-order valence-corrected chi connectivity index (χ0v) is 16.3. The molecule has 2 N–H and O–H groups in total. The first-order chi connectivity index (χ1) is 15.0. The number of nitrogens with one attached hydrogen (secondary N) is 1. The Labute approximate surface area is 177 Å². The van der Waals surface area contributed by atoms with Crippen LogP contribution < -0.4 is 0 Å². The molecule has 3 aromatic carbocycles. The lowest BCUT2D eigenvalue weighted by Gasteiger charge is -2.17. The number of aromatic amines is 1. The topological polar surface area (TPSA) is 66.0 Å². The molecule has 0 unspecified atom stereocenters. The minimum atomic E-state index is -2.70. The van der Waals surface area contributed by atoms with E-state index in [9.17, 15) is 13.6 Å². The number of nitrogens with zero attached hydrogens (tertiary/aromatic N) is 1. The Bertz CT molecular complexity index is 1270. The van der Waals surface area contributed by atoms with Crippen molar-refractivity contribution in [3.63, 3.8) is 0 Å². The molecule has 0 radical (unpaired) electrons. The maximum atomic E-state index is 14.4. The number of alkyl halides is 2. The first-order valence-corrected chi connectivity index (χ1v) is 9.55. The molecule has 0 amide bonds. The molecule has 0 bridgehead atoms. The normalized spacial score (nSPS) is 12.5. The summed E-state index contributed by atoms with van der Waals surface area (Å²) in [6.07, 6.45) is 1.44. The van der Waals surface area contributed by atoms with E-state index in [1.807, 2.05) is 12.1 Å². The third kappa shape index (κ3) is 4.43. The number of aromatic nitrogens is 2. The van der Waals surface area contributed by atoms with Crippen molar-refractivity contribution in [3.8, 4) is 0 Å². The second-order valence-electron chi connectivity index (χ2n) is 6.92. The van der Waals surface area contributed by atoms with Crippen LogP contribution >= 0.6 is 0 Å². The molecule has 4 nitrogen and oxygen atoms in total. The number of H-pyrrole nitrogens is 1. The summed E-state index contributed by atoms with van der Waals surface area (Å²) in [5.41, 5.74) is 3.51. The number of carbonyl (C=O) groups is 1. The van der Waals surface area contributed by atoms with E-state index < -0.39 is 12.4 Å². The Hall–Kier alpha value is -4.06. The van der Waals surface area contributed by atoms with Crippen molar-refractivity contribution < 1.29 is 18.7 Å². The Morgan fingerprint density at radius 3 is 2.32 bits per heavy atom. The lowest BCUT2D eigenvalue weighted by atomic mass is 9.88. The van der Waals surface area contributed by atoms with Gasteiger partial charge in [0.05, 0.1) is 11.7 Å².